The van der Waals surface area contributed by atoms with Crippen molar-refractivity contribution in [3.05, 3.63) is 77.5 Å². The number of carbonyl (C=O) groups is 5. The van der Waals surface area contributed by atoms with Crippen molar-refractivity contribution in [1.82, 2.24) is 4.98 Å². The normalized spacial score (nSPS) is 20.2. The number of aromatic nitrogens is 1. The first kappa shape index (κ1) is 34.8. The summed E-state index contributed by atoms with van der Waals surface area (Å²) in [7, 11) is 2.79. The SMILES string of the molecule is COc1c(N[C@H]2CC(=O)C(=O)[C@H](Cc3ccccc3)[C@H](OC(=O)C(C)C)[C@H](C)C(=O)C2=O)nc(C)c(OCc2ccccc2)c1OC. The third kappa shape index (κ3) is 8.03. The van der Waals surface area contributed by atoms with Crippen molar-refractivity contribution in [2.24, 2.45) is 17.8 Å². The predicted molar refractivity (Wildman–Crippen MR) is 172 cm³/mol. The molecule has 4 atom stereocenters. The maximum Gasteiger partial charge on any atom is 0.308 e. The van der Waals surface area contributed by atoms with Crippen LogP contribution in [-0.4, -0.2) is 60.5 Å². The van der Waals surface area contributed by atoms with Gasteiger partial charge in [-0.05, 0) is 24.5 Å². The first-order valence-corrected chi connectivity index (χ1v) is 15.4. The van der Waals surface area contributed by atoms with Gasteiger partial charge in [0.1, 0.15) is 18.8 Å². The van der Waals surface area contributed by atoms with E-state index in [4.69, 9.17) is 18.9 Å². The smallest absolute Gasteiger partial charge is 0.308 e. The van der Waals surface area contributed by atoms with Crippen LogP contribution >= 0.6 is 0 Å². The lowest BCUT2D eigenvalue weighted by Gasteiger charge is -2.29. The number of nitrogens with zero attached hydrogens (tertiary/aromatic N) is 1. The molecule has 47 heavy (non-hydrogen) atoms. The van der Waals surface area contributed by atoms with Crippen LogP contribution in [0.5, 0.6) is 17.2 Å². The molecule has 248 valence electrons. The van der Waals surface area contributed by atoms with E-state index in [-0.39, 0.29) is 30.3 Å². The average molecular weight is 645 g/mol. The van der Waals surface area contributed by atoms with Gasteiger partial charge in [-0.1, -0.05) is 81.4 Å². The molecule has 11 nitrogen and oxygen atoms in total. The van der Waals surface area contributed by atoms with E-state index in [0.717, 1.165) is 5.56 Å². The number of hydrogen-bond acceptors (Lipinski definition) is 11. The van der Waals surface area contributed by atoms with Crippen LogP contribution in [0.3, 0.4) is 0 Å². The number of ether oxygens (including phenoxy) is 4. The van der Waals surface area contributed by atoms with Gasteiger partial charge in [-0.3, -0.25) is 24.0 Å². The number of carbonyl (C=O) groups excluding carboxylic acids is 5. The van der Waals surface area contributed by atoms with E-state index in [1.165, 1.54) is 21.1 Å². The highest BCUT2D eigenvalue weighted by molar-refractivity contribution is 6.44. The van der Waals surface area contributed by atoms with Crippen LogP contribution in [0, 0.1) is 24.7 Å². The molecule has 2 aromatic carbocycles. The number of methoxy groups -OCH3 is 2. The molecule has 0 unspecified atom stereocenters. The highest BCUT2D eigenvalue weighted by Gasteiger charge is 2.46. The second-order valence-corrected chi connectivity index (χ2v) is 11.8. The van der Waals surface area contributed by atoms with Crippen LogP contribution < -0.4 is 19.5 Å². The van der Waals surface area contributed by atoms with E-state index in [9.17, 15) is 24.0 Å². The number of Topliss-reactive ketones (excluding diaryl/α,β-unsaturated/α-hetero) is 4. The summed E-state index contributed by atoms with van der Waals surface area (Å²) < 4.78 is 23.0. The van der Waals surface area contributed by atoms with Crippen molar-refractivity contribution in [1.29, 1.82) is 0 Å². The summed E-state index contributed by atoms with van der Waals surface area (Å²) in [6.07, 6.45) is -1.94. The standard InChI is InChI=1S/C36H40N2O9/c1-20(2)36(43)47-31-21(3)28(40)30(42)26(18-27(39)29(41)25(31)17-23-13-9-7-10-14-23)38-35-34(45-6)33(44-5)32(22(4)37-35)46-19-24-15-11-8-12-16-24/h7-16,20-21,25-26,31H,17-19H2,1-6H3,(H,37,38)/t21-,25+,26+,31-/m1/s1. The largest absolute Gasteiger partial charge is 0.490 e. The lowest BCUT2D eigenvalue weighted by molar-refractivity contribution is -0.163. The van der Waals surface area contributed by atoms with Gasteiger partial charge in [-0.25, -0.2) is 4.98 Å². The fourth-order valence-corrected chi connectivity index (χ4v) is 5.46. The van der Waals surface area contributed by atoms with Crippen molar-refractivity contribution in [2.45, 2.75) is 59.3 Å². The molecule has 0 spiro atoms. The van der Waals surface area contributed by atoms with E-state index in [1.54, 1.807) is 51.1 Å². The molecule has 1 aliphatic carbocycles. The Morgan fingerprint density at radius 2 is 1.45 bits per heavy atom. The van der Waals surface area contributed by atoms with Crippen LogP contribution in [-0.2, 0) is 41.7 Å². The zero-order chi connectivity index (χ0) is 34.2. The summed E-state index contributed by atoms with van der Waals surface area (Å²) in [4.78, 5) is 72.2. The van der Waals surface area contributed by atoms with Gasteiger partial charge in [0.15, 0.2) is 11.6 Å². The lowest BCUT2D eigenvalue weighted by atomic mass is 9.81. The Kier molecular flexibility index (Phi) is 11.5. The molecule has 1 aromatic heterocycles. The third-order valence-electron chi connectivity index (χ3n) is 8.07. The minimum atomic E-state index is -1.47. The first-order valence-electron chi connectivity index (χ1n) is 15.4. The van der Waals surface area contributed by atoms with Crippen LogP contribution in [0.15, 0.2) is 60.7 Å². The lowest BCUT2D eigenvalue weighted by Crippen LogP contribution is -2.45. The maximum absolute atomic E-state index is 13.8. The molecule has 1 heterocycles. The number of pyridine rings is 1. The highest BCUT2D eigenvalue weighted by Crippen LogP contribution is 2.44. The Hall–Kier alpha value is -5.06. The number of hydrogen-bond donors (Lipinski definition) is 1. The molecule has 1 aliphatic rings. The first-order chi connectivity index (χ1) is 22.5. The fourth-order valence-electron chi connectivity index (χ4n) is 5.46. The number of esters is 1. The van der Waals surface area contributed by atoms with Crippen molar-refractivity contribution < 1.29 is 42.9 Å². The van der Waals surface area contributed by atoms with Gasteiger partial charge in [0.2, 0.25) is 34.6 Å². The summed E-state index contributed by atoms with van der Waals surface area (Å²) >= 11 is 0. The van der Waals surface area contributed by atoms with E-state index >= 15 is 0 Å². The van der Waals surface area contributed by atoms with Gasteiger partial charge >= 0.3 is 5.97 Å². The number of nitrogens with one attached hydrogen (secondary N) is 1. The van der Waals surface area contributed by atoms with Crippen LogP contribution in [0.1, 0.15) is 44.0 Å². The van der Waals surface area contributed by atoms with E-state index in [1.807, 2.05) is 30.3 Å². The predicted octanol–water partition coefficient (Wildman–Crippen LogP) is 4.51. The van der Waals surface area contributed by atoms with Gasteiger partial charge in [0.25, 0.3) is 0 Å². The molecular formula is C36H40N2O9. The van der Waals surface area contributed by atoms with Crippen molar-refractivity contribution in [3.8, 4) is 17.2 Å². The summed E-state index contributed by atoms with van der Waals surface area (Å²) in [6, 6.07) is 16.9. The van der Waals surface area contributed by atoms with Crippen LogP contribution in [0.4, 0.5) is 5.82 Å². The Morgan fingerprint density at radius 3 is 2.02 bits per heavy atom. The van der Waals surface area contributed by atoms with Gasteiger partial charge in [-0.15, -0.1) is 0 Å². The fraction of sp³-hybridized carbons (Fsp3) is 0.389. The zero-order valence-corrected chi connectivity index (χ0v) is 27.4. The number of aryl methyl sites for hydroxylation is 1. The van der Waals surface area contributed by atoms with Crippen LogP contribution in [0.25, 0.3) is 0 Å². The molecule has 0 saturated heterocycles. The number of rotatable bonds is 11. The minimum Gasteiger partial charge on any atom is -0.490 e. The van der Waals surface area contributed by atoms with Crippen molar-refractivity contribution in [2.75, 3.05) is 19.5 Å². The van der Waals surface area contributed by atoms with Crippen LogP contribution in [0.2, 0.25) is 0 Å². The number of ketones is 4. The molecule has 0 radical (unpaired) electrons. The minimum absolute atomic E-state index is 0.0100. The Balaban J connectivity index is 1.71. The summed E-state index contributed by atoms with van der Waals surface area (Å²) in [6.45, 7) is 6.54. The Labute approximate surface area is 274 Å². The molecule has 4 rings (SSSR count). The van der Waals surface area contributed by atoms with Gasteiger partial charge < -0.3 is 24.3 Å². The Bertz CT molecular complexity index is 1620. The molecular weight excluding hydrogens is 604 g/mol. The van der Waals surface area contributed by atoms with E-state index < -0.39 is 65.4 Å². The average Bonchev–Trinajstić information content (AvgIpc) is 3.09. The topological polar surface area (TPSA) is 147 Å². The molecule has 0 amide bonds. The van der Waals surface area contributed by atoms with Crippen molar-refractivity contribution >= 4 is 34.9 Å². The van der Waals surface area contributed by atoms with Crippen molar-refractivity contribution in [3.63, 3.8) is 0 Å². The summed E-state index contributed by atoms with van der Waals surface area (Å²) in [5.41, 5.74) is 1.99. The van der Waals surface area contributed by atoms with Gasteiger partial charge in [-0.2, -0.15) is 0 Å². The van der Waals surface area contributed by atoms with Gasteiger partial charge in [0.05, 0.1) is 37.7 Å². The molecule has 0 aliphatic heterocycles. The number of benzene rings is 2. The molecule has 3 aromatic rings. The van der Waals surface area contributed by atoms with E-state index in [0.29, 0.717) is 17.0 Å². The molecule has 1 N–H and O–H groups in total. The second kappa shape index (κ2) is 15.5. The summed E-state index contributed by atoms with van der Waals surface area (Å²) in [5, 5.41) is 2.88. The summed E-state index contributed by atoms with van der Waals surface area (Å²) in [5.74, 6) is -6.67. The molecule has 1 saturated carbocycles. The maximum atomic E-state index is 13.8. The molecule has 1 fully saturated rings. The number of anilines is 1. The Morgan fingerprint density at radius 1 is 0.851 bits per heavy atom. The van der Waals surface area contributed by atoms with Gasteiger partial charge in [0, 0.05) is 6.42 Å². The molecule has 11 heteroatoms. The van der Waals surface area contributed by atoms with E-state index in [2.05, 4.69) is 10.3 Å². The zero-order valence-electron chi connectivity index (χ0n) is 27.4. The molecule has 0 bridgehead atoms. The quantitative estimate of drug-likeness (QED) is 0.232. The second-order valence-electron chi connectivity index (χ2n) is 11.8. The third-order valence-corrected chi connectivity index (χ3v) is 8.07. The highest BCUT2D eigenvalue weighted by atomic mass is 16.5. The monoisotopic (exact) mass is 644 g/mol.